The van der Waals surface area contributed by atoms with Crippen LogP contribution in [0.4, 0.5) is 13.2 Å². The van der Waals surface area contributed by atoms with Crippen molar-refractivity contribution in [1.82, 2.24) is 10.3 Å². The lowest BCUT2D eigenvalue weighted by Gasteiger charge is -2.24. The Labute approximate surface area is 155 Å². The van der Waals surface area contributed by atoms with E-state index in [-0.39, 0.29) is 24.1 Å². The first-order valence-corrected chi connectivity index (χ1v) is 8.04. The second-order valence-corrected chi connectivity index (χ2v) is 6.02. The normalized spacial score (nSPS) is 15.5. The van der Waals surface area contributed by atoms with Gasteiger partial charge in [0.25, 0.3) is 0 Å². The van der Waals surface area contributed by atoms with Crippen LogP contribution in [0, 0.1) is 0 Å². The van der Waals surface area contributed by atoms with Gasteiger partial charge < -0.3 is 10.1 Å². The zero-order valence-corrected chi connectivity index (χ0v) is 14.7. The van der Waals surface area contributed by atoms with E-state index < -0.39 is 16.8 Å². The minimum atomic E-state index is -4.53. The van der Waals surface area contributed by atoms with Gasteiger partial charge >= 0.3 is 6.18 Å². The van der Waals surface area contributed by atoms with Gasteiger partial charge in [-0.2, -0.15) is 13.2 Å². The number of pyridine rings is 1. The van der Waals surface area contributed by atoms with E-state index in [1.807, 2.05) is 6.07 Å². The van der Waals surface area contributed by atoms with Crippen molar-refractivity contribution in [3.05, 3.63) is 52.7 Å². The Morgan fingerprint density at radius 3 is 2.52 bits per heavy atom. The predicted molar refractivity (Wildman–Crippen MR) is 92.9 cm³/mol. The fourth-order valence-corrected chi connectivity index (χ4v) is 3.12. The first kappa shape index (κ1) is 19.8. The molecule has 0 spiro atoms. The van der Waals surface area contributed by atoms with Gasteiger partial charge in [0.15, 0.2) is 0 Å². The second-order valence-electron chi connectivity index (χ2n) is 5.64. The van der Waals surface area contributed by atoms with Gasteiger partial charge in [0.05, 0.1) is 10.6 Å². The van der Waals surface area contributed by atoms with Crippen LogP contribution in [-0.4, -0.2) is 18.1 Å². The third-order valence-corrected chi connectivity index (χ3v) is 4.44. The Bertz CT molecular complexity index is 719. The molecular formula is C17H17Cl2F3N2O. The van der Waals surface area contributed by atoms with Crippen LogP contribution < -0.4 is 10.1 Å². The minimum absolute atomic E-state index is 0. The molecule has 1 aromatic heterocycles. The summed E-state index contributed by atoms with van der Waals surface area (Å²) < 4.78 is 44.6. The van der Waals surface area contributed by atoms with Crippen LogP contribution in [0.3, 0.4) is 0 Å². The summed E-state index contributed by atoms with van der Waals surface area (Å²) in [6.07, 6.45) is -1.11. The Hall–Kier alpha value is -1.50. The summed E-state index contributed by atoms with van der Waals surface area (Å²) >= 11 is 5.90. The first-order valence-electron chi connectivity index (χ1n) is 7.66. The maximum absolute atomic E-state index is 13.0. The molecule has 1 aromatic carbocycles. The summed E-state index contributed by atoms with van der Waals surface area (Å²) in [5.41, 5.74) is -0.0199. The summed E-state index contributed by atoms with van der Waals surface area (Å²) in [7, 11) is 0. The number of nitrogens with zero attached hydrogens (tertiary/aromatic N) is 1. The number of nitrogens with one attached hydrogen (secondary N) is 1. The largest absolute Gasteiger partial charge is 0.437 e. The molecule has 1 N–H and O–H groups in total. The van der Waals surface area contributed by atoms with Crippen molar-refractivity contribution in [2.45, 2.75) is 24.9 Å². The van der Waals surface area contributed by atoms with Gasteiger partial charge in [-0.3, -0.25) is 0 Å². The second kappa shape index (κ2) is 8.25. The highest BCUT2D eigenvalue weighted by molar-refractivity contribution is 6.32. The molecule has 25 heavy (non-hydrogen) atoms. The molecule has 0 radical (unpaired) electrons. The molecule has 1 saturated heterocycles. The Balaban J connectivity index is 0.00000225. The van der Waals surface area contributed by atoms with Crippen LogP contribution in [0.1, 0.15) is 29.9 Å². The van der Waals surface area contributed by atoms with Crippen LogP contribution in [0.2, 0.25) is 5.02 Å². The lowest BCUT2D eigenvalue weighted by molar-refractivity contribution is -0.137. The number of hydrogen-bond acceptors (Lipinski definition) is 3. The molecule has 0 amide bonds. The number of piperidine rings is 1. The van der Waals surface area contributed by atoms with Crippen molar-refractivity contribution >= 4 is 24.0 Å². The number of hydrogen-bond donors (Lipinski definition) is 1. The third-order valence-electron chi connectivity index (χ3n) is 4.05. The Morgan fingerprint density at radius 2 is 1.84 bits per heavy atom. The third kappa shape index (κ3) is 4.57. The van der Waals surface area contributed by atoms with E-state index in [0.717, 1.165) is 37.6 Å². The molecule has 0 unspecified atom stereocenters. The highest BCUT2D eigenvalue weighted by atomic mass is 35.5. The van der Waals surface area contributed by atoms with Crippen molar-refractivity contribution in [2.24, 2.45) is 0 Å². The lowest BCUT2D eigenvalue weighted by atomic mass is 9.91. The lowest BCUT2D eigenvalue weighted by Crippen LogP contribution is -2.26. The van der Waals surface area contributed by atoms with Gasteiger partial charge in [-0.15, -0.1) is 12.4 Å². The molecule has 3 nitrogen and oxygen atoms in total. The van der Waals surface area contributed by atoms with Gasteiger partial charge in [-0.25, -0.2) is 4.98 Å². The molecule has 136 valence electrons. The average Bonchev–Trinajstić information content (AvgIpc) is 2.57. The molecule has 0 aliphatic carbocycles. The van der Waals surface area contributed by atoms with Crippen LogP contribution in [0.25, 0.3) is 0 Å². The molecule has 1 aliphatic rings. The molecule has 2 heterocycles. The van der Waals surface area contributed by atoms with E-state index in [9.17, 15) is 13.2 Å². The molecule has 2 aromatic rings. The van der Waals surface area contributed by atoms with E-state index in [1.165, 1.54) is 12.1 Å². The monoisotopic (exact) mass is 392 g/mol. The van der Waals surface area contributed by atoms with E-state index in [2.05, 4.69) is 10.3 Å². The zero-order valence-electron chi connectivity index (χ0n) is 13.1. The summed E-state index contributed by atoms with van der Waals surface area (Å²) in [4.78, 5) is 4.20. The molecule has 3 rings (SSSR count). The average molecular weight is 393 g/mol. The number of ether oxygens (including phenoxy) is 1. The molecule has 0 bridgehead atoms. The molecular weight excluding hydrogens is 376 g/mol. The fraction of sp³-hybridized carbons (Fsp3) is 0.353. The zero-order chi connectivity index (χ0) is 17.2. The highest BCUT2D eigenvalue weighted by Crippen LogP contribution is 2.41. The molecule has 0 saturated carbocycles. The van der Waals surface area contributed by atoms with Gasteiger partial charge in [-0.1, -0.05) is 23.7 Å². The number of halogens is 5. The summed E-state index contributed by atoms with van der Waals surface area (Å²) in [5, 5.41) is 2.83. The van der Waals surface area contributed by atoms with Crippen LogP contribution >= 0.6 is 24.0 Å². The van der Waals surface area contributed by atoms with Crippen molar-refractivity contribution in [3.8, 4) is 11.6 Å². The standard InChI is InChI=1S/C17H16ClF3N2O.ClH/c18-15-13(17(19,20)21)4-1-5-14(15)24-16-12(3-2-8-23-16)11-6-9-22-10-7-11;/h1-5,8,11,22H,6-7,9-10H2;1H. The van der Waals surface area contributed by atoms with Crippen molar-refractivity contribution < 1.29 is 17.9 Å². The van der Waals surface area contributed by atoms with E-state index in [1.54, 1.807) is 12.3 Å². The number of aromatic nitrogens is 1. The summed E-state index contributed by atoms with van der Waals surface area (Å²) in [5.74, 6) is 0.533. The molecule has 1 fully saturated rings. The van der Waals surface area contributed by atoms with Crippen LogP contribution in [-0.2, 0) is 6.18 Å². The van der Waals surface area contributed by atoms with Crippen LogP contribution in [0.15, 0.2) is 36.5 Å². The fourth-order valence-electron chi connectivity index (χ4n) is 2.84. The highest BCUT2D eigenvalue weighted by Gasteiger charge is 2.34. The SMILES string of the molecule is Cl.FC(F)(F)c1cccc(Oc2ncccc2C2CCNCC2)c1Cl. The smallest absolute Gasteiger partial charge is 0.417 e. The Morgan fingerprint density at radius 1 is 1.12 bits per heavy atom. The predicted octanol–water partition coefficient (Wildman–Crippen LogP) is 5.43. The molecule has 0 atom stereocenters. The molecule has 1 aliphatic heterocycles. The molecule has 8 heteroatoms. The van der Waals surface area contributed by atoms with Gasteiger partial charge in [0.1, 0.15) is 5.75 Å². The first-order chi connectivity index (χ1) is 11.5. The van der Waals surface area contributed by atoms with E-state index in [4.69, 9.17) is 16.3 Å². The number of rotatable bonds is 3. The van der Waals surface area contributed by atoms with Gasteiger partial charge in [0.2, 0.25) is 5.88 Å². The topological polar surface area (TPSA) is 34.1 Å². The van der Waals surface area contributed by atoms with E-state index >= 15 is 0 Å². The number of alkyl halides is 3. The maximum atomic E-state index is 13.0. The summed E-state index contributed by atoms with van der Waals surface area (Å²) in [6.45, 7) is 1.78. The maximum Gasteiger partial charge on any atom is 0.417 e. The Kier molecular flexibility index (Phi) is 6.54. The summed E-state index contributed by atoms with van der Waals surface area (Å²) in [6, 6.07) is 7.33. The number of benzene rings is 1. The van der Waals surface area contributed by atoms with Crippen molar-refractivity contribution in [1.29, 1.82) is 0 Å². The van der Waals surface area contributed by atoms with Crippen LogP contribution in [0.5, 0.6) is 11.6 Å². The quantitative estimate of drug-likeness (QED) is 0.755. The van der Waals surface area contributed by atoms with Crippen molar-refractivity contribution in [2.75, 3.05) is 13.1 Å². The van der Waals surface area contributed by atoms with Crippen molar-refractivity contribution in [3.63, 3.8) is 0 Å². The van der Waals surface area contributed by atoms with Gasteiger partial charge in [0, 0.05) is 11.8 Å². The van der Waals surface area contributed by atoms with Gasteiger partial charge in [-0.05, 0) is 50.0 Å². The minimum Gasteiger partial charge on any atom is -0.437 e. The van der Waals surface area contributed by atoms with E-state index in [0.29, 0.717) is 5.88 Å².